The van der Waals surface area contributed by atoms with Crippen molar-refractivity contribution in [1.82, 2.24) is 10.6 Å². The van der Waals surface area contributed by atoms with Gasteiger partial charge in [0.15, 0.2) is 5.96 Å². The third kappa shape index (κ3) is 7.02. The summed E-state index contributed by atoms with van der Waals surface area (Å²) in [6.07, 6.45) is 0. The van der Waals surface area contributed by atoms with Crippen LogP contribution in [0.5, 0.6) is 5.75 Å². The van der Waals surface area contributed by atoms with Gasteiger partial charge in [-0.2, -0.15) is 0 Å². The van der Waals surface area contributed by atoms with E-state index >= 15 is 0 Å². The molecule has 1 aromatic rings. The fourth-order valence-electron chi connectivity index (χ4n) is 1.62. The Morgan fingerprint density at radius 3 is 2.40 bits per heavy atom. The van der Waals surface area contributed by atoms with E-state index in [1.54, 1.807) is 0 Å². The van der Waals surface area contributed by atoms with E-state index in [0.29, 0.717) is 13.2 Å². The monoisotopic (exact) mass is 277 g/mol. The largest absolute Gasteiger partial charge is 0.492 e. The highest BCUT2D eigenvalue weighted by Gasteiger charge is 2.11. The smallest absolute Gasteiger partial charge is 0.191 e. The van der Waals surface area contributed by atoms with Gasteiger partial charge in [-0.1, -0.05) is 17.7 Å². The Morgan fingerprint density at radius 1 is 1.20 bits per heavy atom. The van der Waals surface area contributed by atoms with Crippen molar-refractivity contribution in [3.05, 3.63) is 29.8 Å². The van der Waals surface area contributed by atoms with Crippen LogP contribution in [-0.4, -0.2) is 31.2 Å². The van der Waals surface area contributed by atoms with E-state index in [1.807, 2.05) is 24.3 Å². The van der Waals surface area contributed by atoms with Gasteiger partial charge in [-0.15, -0.1) is 0 Å². The van der Waals surface area contributed by atoms with Crippen molar-refractivity contribution in [2.75, 3.05) is 19.7 Å². The Balaban J connectivity index is 2.41. The van der Waals surface area contributed by atoms with Crippen LogP contribution in [-0.2, 0) is 0 Å². The van der Waals surface area contributed by atoms with Crippen LogP contribution in [0.4, 0.5) is 0 Å². The maximum absolute atomic E-state index is 5.66. The highest BCUT2D eigenvalue weighted by molar-refractivity contribution is 5.80. The quantitative estimate of drug-likeness (QED) is 0.494. The van der Waals surface area contributed by atoms with Gasteiger partial charge in [0, 0.05) is 12.1 Å². The Kier molecular flexibility index (Phi) is 6.36. The van der Waals surface area contributed by atoms with E-state index in [1.165, 1.54) is 5.56 Å². The number of nitrogens with zero attached hydrogens (tertiary/aromatic N) is 1. The summed E-state index contributed by atoms with van der Waals surface area (Å²) in [6, 6.07) is 8.06. The predicted octanol–water partition coefficient (Wildman–Crippen LogP) is 2.73. The van der Waals surface area contributed by atoms with Crippen molar-refractivity contribution in [1.29, 1.82) is 0 Å². The molecule has 2 N–H and O–H groups in total. The average molecular weight is 277 g/mol. The molecule has 20 heavy (non-hydrogen) atoms. The number of hydrogen-bond donors (Lipinski definition) is 2. The van der Waals surface area contributed by atoms with Gasteiger partial charge in [0.25, 0.3) is 0 Å². The molecule has 0 atom stereocenters. The SMILES string of the molecule is CCNC(=NCCOc1ccc(C)cc1)NC(C)(C)C. The van der Waals surface area contributed by atoms with E-state index in [4.69, 9.17) is 4.74 Å². The molecule has 112 valence electrons. The van der Waals surface area contributed by atoms with Crippen LogP contribution in [0.2, 0.25) is 0 Å². The molecular formula is C16H27N3O. The average Bonchev–Trinajstić information content (AvgIpc) is 2.35. The molecule has 1 rings (SSSR count). The second kappa shape index (κ2) is 7.78. The lowest BCUT2D eigenvalue weighted by Crippen LogP contribution is -2.47. The van der Waals surface area contributed by atoms with Gasteiger partial charge in [0.1, 0.15) is 12.4 Å². The minimum Gasteiger partial charge on any atom is -0.492 e. The second-order valence-corrected chi connectivity index (χ2v) is 5.80. The van der Waals surface area contributed by atoms with Crippen molar-refractivity contribution < 1.29 is 4.74 Å². The van der Waals surface area contributed by atoms with Gasteiger partial charge in [0.05, 0.1) is 6.54 Å². The molecule has 0 radical (unpaired) electrons. The first-order valence-electron chi connectivity index (χ1n) is 7.16. The molecule has 4 heteroatoms. The fourth-order valence-corrected chi connectivity index (χ4v) is 1.62. The van der Waals surface area contributed by atoms with Gasteiger partial charge in [-0.25, -0.2) is 4.99 Å². The molecule has 0 heterocycles. The van der Waals surface area contributed by atoms with Crippen molar-refractivity contribution in [3.63, 3.8) is 0 Å². The van der Waals surface area contributed by atoms with Crippen LogP contribution in [0.25, 0.3) is 0 Å². The van der Waals surface area contributed by atoms with Gasteiger partial charge >= 0.3 is 0 Å². The van der Waals surface area contributed by atoms with Crippen LogP contribution in [0.1, 0.15) is 33.3 Å². The van der Waals surface area contributed by atoms with E-state index in [9.17, 15) is 0 Å². The molecule has 0 aliphatic carbocycles. The summed E-state index contributed by atoms with van der Waals surface area (Å²) in [5, 5.41) is 6.58. The number of rotatable bonds is 5. The molecule has 0 aromatic heterocycles. The summed E-state index contributed by atoms with van der Waals surface area (Å²) in [4.78, 5) is 4.50. The normalized spacial score (nSPS) is 12.2. The number of nitrogens with one attached hydrogen (secondary N) is 2. The lowest BCUT2D eigenvalue weighted by Gasteiger charge is -2.23. The molecule has 1 aromatic carbocycles. The van der Waals surface area contributed by atoms with Gasteiger partial charge in [-0.05, 0) is 46.8 Å². The van der Waals surface area contributed by atoms with Crippen molar-refractivity contribution >= 4 is 5.96 Å². The predicted molar refractivity (Wildman–Crippen MR) is 85.5 cm³/mol. The van der Waals surface area contributed by atoms with Gasteiger partial charge < -0.3 is 15.4 Å². The third-order valence-electron chi connectivity index (χ3n) is 2.49. The van der Waals surface area contributed by atoms with Gasteiger partial charge in [-0.3, -0.25) is 0 Å². The molecular weight excluding hydrogens is 250 g/mol. The van der Waals surface area contributed by atoms with Crippen molar-refractivity contribution in [3.8, 4) is 5.75 Å². The highest BCUT2D eigenvalue weighted by atomic mass is 16.5. The maximum Gasteiger partial charge on any atom is 0.191 e. The number of aliphatic imine (C=N–C) groups is 1. The van der Waals surface area contributed by atoms with Crippen LogP contribution in [0.3, 0.4) is 0 Å². The third-order valence-corrected chi connectivity index (χ3v) is 2.49. The van der Waals surface area contributed by atoms with Crippen LogP contribution < -0.4 is 15.4 Å². The van der Waals surface area contributed by atoms with E-state index in [2.05, 4.69) is 50.2 Å². The molecule has 0 aliphatic heterocycles. The number of benzene rings is 1. The number of ether oxygens (including phenoxy) is 1. The molecule has 0 unspecified atom stereocenters. The lowest BCUT2D eigenvalue weighted by molar-refractivity contribution is 0.328. The lowest BCUT2D eigenvalue weighted by atomic mass is 10.1. The van der Waals surface area contributed by atoms with Crippen LogP contribution >= 0.6 is 0 Å². The van der Waals surface area contributed by atoms with Crippen molar-refractivity contribution in [2.45, 2.75) is 40.2 Å². The molecule has 0 saturated heterocycles. The van der Waals surface area contributed by atoms with Crippen molar-refractivity contribution in [2.24, 2.45) is 4.99 Å². The first-order valence-corrected chi connectivity index (χ1v) is 7.16. The van der Waals surface area contributed by atoms with E-state index < -0.39 is 0 Å². The molecule has 0 bridgehead atoms. The molecule has 0 fully saturated rings. The first-order chi connectivity index (χ1) is 9.40. The summed E-state index contributed by atoms with van der Waals surface area (Å²) in [5.41, 5.74) is 1.23. The zero-order valence-corrected chi connectivity index (χ0v) is 13.3. The summed E-state index contributed by atoms with van der Waals surface area (Å²) in [6.45, 7) is 12.5. The second-order valence-electron chi connectivity index (χ2n) is 5.80. The minimum atomic E-state index is -0.00117. The Labute approximate surface area is 122 Å². The minimum absolute atomic E-state index is 0.00117. The number of aryl methyl sites for hydroxylation is 1. The zero-order chi connectivity index (χ0) is 15.0. The topological polar surface area (TPSA) is 45.7 Å². The fraction of sp³-hybridized carbons (Fsp3) is 0.562. The standard InChI is InChI=1S/C16H27N3O/c1-6-17-15(19-16(3,4)5)18-11-12-20-14-9-7-13(2)8-10-14/h7-10H,6,11-12H2,1-5H3,(H2,17,18,19). The van der Waals surface area contributed by atoms with Gasteiger partial charge in [0.2, 0.25) is 0 Å². The number of hydrogen-bond acceptors (Lipinski definition) is 2. The molecule has 0 amide bonds. The molecule has 4 nitrogen and oxygen atoms in total. The number of guanidine groups is 1. The Hall–Kier alpha value is -1.71. The highest BCUT2D eigenvalue weighted by Crippen LogP contribution is 2.10. The Morgan fingerprint density at radius 2 is 1.85 bits per heavy atom. The van der Waals surface area contributed by atoms with Crippen LogP contribution in [0.15, 0.2) is 29.3 Å². The summed E-state index contributed by atoms with van der Waals surface area (Å²) in [7, 11) is 0. The zero-order valence-electron chi connectivity index (χ0n) is 13.3. The molecule has 0 aliphatic rings. The summed E-state index contributed by atoms with van der Waals surface area (Å²) >= 11 is 0. The van der Waals surface area contributed by atoms with E-state index in [0.717, 1.165) is 18.3 Å². The maximum atomic E-state index is 5.66. The van der Waals surface area contributed by atoms with E-state index in [-0.39, 0.29) is 5.54 Å². The summed E-state index contributed by atoms with van der Waals surface area (Å²) < 4.78 is 5.66. The molecule has 0 saturated carbocycles. The Bertz CT molecular complexity index is 418. The summed E-state index contributed by atoms with van der Waals surface area (Å²) in [5.74, 6) is 1.71. The van der Waals surface area contributed by atoms with Crippen LogP contribution in [0, 0.1) is 6.92 Å². The first kappa shape index (κ1) is 16.3. The molecule has 0 spiro atoms.